The lowest BCUT2D eigenvalue weighted by Crippen LogP contribution is -2.43. The number of hydrogen-bond acceptors (Lipinski definition) is 3. The van der Waals surface area contributed by atoms with Crippen molar-refractivity contribution in [2.45, 2.75) is 13.1 Å². The van der Waals surface area contributed by atoms with E-state index < -0.39 is 11.6 Å². The molecule has 0 spiro atoms. The van der Waals surface area contributed by atoms with Crippen LogP contribution in [0.15, 0.2) is 42.5 Å². The zero-order chi connectivity index (χ0) is 16.9. The van der Waals surface area contributed by atoms with Crippen molar-refractivity contribution in [3.63, 3.8) is 0 Å². The number of halogens is 2. The third-order valence-corrected chi connectivity index (χ3v) is 4.44. The zero-order valence-electron chi connectivity index (χ0n) is 13.9. The van der Waals surface area contributed by atoms with Crippen molar-refractivity contribution in [1.29, 1.82) is 0 Å². The van der Waals surface area contributed by atoms with Crippen LogP contribution in [0, 0.1) is 11.6 Å². The molecule has 1 fully saturated rings. The van der Waals surface area contributed by atoms with Crippen molar-refractivity contribution in [3.05, 3.63) is 65.2 Å². The van der Waals surface area contributed by atoms with E-state index in [4.69, 9.17) is 0 Å². The molecule has 1 aliphatic rings. The smallest absolute Gasteiger partial charge is 0.159 e. The number of nitrogens with one attached hydrogen (secondary N) is 1. The van der Waals surface area contributed by atoms with E-state index in [-0.39, 0.29) is 0 Å². The van der Waals surface area contributed by atoms with Crippen molar-refractivity contribution in [2.24, 2.45) is 0 Å². The number of rotatable bonds is 5. The van der Waals surface area contributed by atoms with Gasteiger partial charge in [-0.05, 0) is 42.4 Å². The Bertz CT molecular complexity index is 665. The molecule has 2 aromatic carbocycles. The summed E-state index contributed by atoms with van der Waals surface area (Å²) in [6.07, 6.45) is 0. The molecule has 3 nitrogen and oxygen atoms in total. The minimum absolute atomic E-state index is 0.467. The summed E-state index contributed by atoms with van der Waals surface area (Å²) in [5.74, 6) is -1.62. The normalized spacial score (nSPS) is 16.3. The first-order valence-corrected chi connectivity index (χ1v) is 8.28. The van der Waals surface area contributed by atoms with Gasteiger partial charge in [0.15, 0.2) is 11.6 Å². The molecule has 0 aromatic heterocycles. The van der Waals surface area contributed by atoms with Crippen molar-refractivity contribution < 1.29 is 8.78 Å². The van der Waals surface area contributed by atoms with Crippen molar-refractivity contribution in [3.8, 4) is 0 Å². The van der Waals surface area contributed by atoms with E-state index in [0.717, 1.165) is 50.0 Å². The molecule has 5 heteroatoms. The molecule has 1 heterocycles. The molecular weight excluding hydrogens is 308 g/mol. The molecule has 3 rings (SSSR count). The first-order chi connectivity index (χ1) is 11.6. The molecule has 0 unspecified atom stereocenters. The summed E-state index contributed by atoms with van der Waals surface area (Å²) in [6, 6.07) is 12.3. The minimum atomic E-state index is -0.813. The molecule has 24 heavy (non-hydrogen) atoms. The number of piperazine rings is 1. The second-order valence-corrected chi connectivity index (χ2v) is 6.38. The fraction of sp³-hybridized carbons (Fsp3) is 0.368. The van der Waals surface area contributed by atoms with Crippen LogP contribution in [-0.4, -0.2) is 43.0 Å². The lowest BCUT2D eigenvalue weighted by Gasteiger charge is -2.32. The average Bonchev–Trinajstić information content (AvgIpc) is 2.59. The van der Waals surface area contributed by atoms with Gasteiger partial charge in [-0.1, -0.05) is 18.2 Å². The number of anilines is 1. The predicted octanol–water partition coefficient (Wildman–Crippen LogP) is 3.32. The number of likely N-dealkylation sites (N-methyl/N-ethyl adjacent to an activating group) is 1. The number of hydrogen-bond donors (Lipinski definition) is 1. The Morgan fingerprint density at radius 1 is 0.875 bits per heavy atom. The quantitative estimate of drug-likeness (QED) is 0.907. The number of benzene rings is 2. The van der Waals surface area contributed by atoms with Crippen LogP contribution >= 0.6 is 0 Å². The molecule has 1 aliphatic heterocycles. The highest BCUT2D eigenvalue weighted by Gasteiger charge is 2.13. The van der Waals surface area contributed by atoms with Gasteiger partial charge in [-0.15, -0.1) is 0 Å². The molecule has 0 atom stereocenters. The van der Waals surface area contributed by atoms with Gasteiger partial charge < -0.3 is 10.2 Å². The van der Waals surface area contributed by atoms with Gasteiger partial charge in [-0.25, -0.2) is 8.78 Å². The Labute approximate surface area is 141 Å². The van der Waals surface area contributed by atoms with Crippen LogP contribution in [0.4, 0.5) is 14.5 Å². The van der Waals surface area contributed by atoms with E-state index in [2.05, 4.69) is 34.3 Å². The summed E-state index contributed by atoms with van der Waals surface area (Å²) in [6.45, 7) is 5.88. The highest BCUT2D eigenvalue weighted by atomic mass is 19.2. The Kier molecular flexibility index (Phi) is 5.43. The summed E-state index contributed by atoms with van der Waals surface area (Å²) in [5, 5.41) is 3.23. The van der Waals surface area contributed by atoms with Gasteiger partial charge in [-0.3, -0.25) is 4.90 Å². The molecular formula is C19H23F2N3. The summed E-state index contributed by atoms with van der Waals surface area (Å²) in [4.78, 5) is 4.81. The van der Waals surface area contributed by atoms with E-state index in [1.165, 1.54) is 11.6 Å². The third-order valence-electron chi connectivity index (χ3n) is 4.44. The van der Waals surface area contributed by atoms with Crippen LogP contribution < -0.4 is 5.32 Å². The summed E-state index contributed by atoms with van der Waals surface area (Å²) in [7, 11) is 2.16. The van der Waals surface area contributed by atoms with E-state index in [1.54, 1.807) is 6.07 Å². The Morgan fingerprint density at radius 3 is 2.21 bits per heavy atom. The molecule has 0 bridgehead atoms. The summed E-state index contributed by atoms with van der Waals surface area (Å²) >= 11 is 0. The van der Waals surface area contributed by atoms with Crippen molar-refractivity contribution in [2.75, 3.05) is 38.5 Å². The lowest BCUT2D eigenvalue weighted by atomic mass is 10.1. The van der Waals surface area contributed by atoms with Crippen LogP contribution in [0.5, 0.6) is 0 Å². The second-order valence-electron chi connectivity index (χ2n) is 6.38. The van der Waals surface area contributed by atoms with E-state index in [0.29, 0.717) is 6.54 Å². The minimum Gasteiger partial charge on any atom is -0.381 e. The maximum Gasteiger partial charge on any atom is 0.159 e. The van der Waals surface area contributed by atoms with Gasteiger partial charge >= 0.3 is 0 Å². The van der Waals surface area contributed by atoms with E-state index >= 15 is 0 Å². The highest BCUT2D eigenvalue weighted by molar-refractivity contribution is 5.45. The fourth-order valence-corrected chi connectivity index (χ4v) is 2.85. The van der Waals surface area contributed by atoms with Crippen molar-refractivity contribution >= 4 is 5.69 Å². The van der Waals surface area contributed by atoms with E-state index in [9.17, 15) is 8.78 Å². The van der Waals surface area contributed by atoms with Crippen LogP contribution in [0.2, 0.25) is 0 Å². The van der Waals surface area contributed by atoms with Crippen LogP contribution in [0.25, 0.3) is 0 Å². The topological polar surface area (TPSA) is 18.5 Å². The first-order valence-electron chi connectivity index (χ1n) is 8.28. The lowest BCUT2D eigenvalue weighted by molar-refractivity contribution is 0.148. The number of nitrogens with zero attached hydrogens (tertiary/aromatic N) is 2. The Balaban J connectivity index is 1.51. The first kappa shape index (κ1) is 16.9. The standard InChI is InChI=1S/C19H23F2N3/c1-23-8-10-24(11-9-23)14-15-2-5-17(6-3-15)22-13-16-4-7-18(20)19(21)12-16/h2-7,12,22H,8-11,13-14H2,1H3. The molecule has 2 aromatic rings. The highest BCUT2D eigenvalue weighted by Crippen LogP contribution is 2.15. The van der Waals surface area contributed by atoms with Crippen LogP contribution in [0.1, 0.15) is 11.1 Å². The average molecular weight is 331 g/mol. The Hall–Kier alpha value is -1.98. The van der Waals surface area contributed by atoms with Gasteiger partial charge in [0.2, 0.25) is 0 Å². The molecule has 128 valence electrons. The summed E-state index contributed by atoms with van der Waals surface area (Å²) in [5.41, 5.74) is 2.98. The molecule has 0 aliphatic carbocycles. The van der Waals surface area contributed by atoms with Gasteiger partial charge in [0.25, 0.3) is 0 Å². The van der Waals surface area contributed by atoms with E-state index in [1.807, 2.05) is 12.1 Å². The third kappa shape index (κ3) is 4.52. The second kappa shape index (κ2) is 7.73. The monoisotopic (exact) mass is 331 g/mol. The van der Waals surface area contributed by atoms with Gasteiger partial charge in [0.05, 0.1) is 0 Å². The molecule has 1 saturated heterocycles. The SMILES string of the molecule is CN1CCN(Cc2ccc(NCc3ccc(F)c(F)c3)cc2)CC1. The zero-order valence-corrected chi connectivity index (χ0v) is 13.9. The summed E-state index contributed by atoms with van der Waals surface area (Å²) < 4.78 is 26.1. The van der Waals surface area contributed by atoms with Gasteiger partial charge in [0, 0.05) is 45.0 Å². The fourth-order valence-electron chi connectivity index (χ4n) is 2.85. The van der Waals surface area contributed by atoms with Crippen LogP contribution in [-0.2, 0) is 13.1 Å². The molecule has 0 radical (unpaired) electrons. The van der Waals surface area contributed by atoms with Gasteiger partial charge in [-0.2, -0.15) is 0 Å². The van der Waals surface area contributed by atoms with Crippen LogP contribution in [0.3, 0.4) is 0 Å². The largest absolute Gasteiger partial charge is 0.381 e. The predicted molar refractivity (Wildman–Crippen MR) is 92.9 cm³/mol. The Morgan fingerprint density at radius 2 is 1.54 bits per heavy atom. The maximum atomic E-state index is 13.2. The maximum absolute atomic E-state index is 13.2. The molecule has 1 N–H and O–H groups in total. The molecule has 0 amide bonds. The van der Waals surface area contributed by atoms with Crippen molar-refractivity contribution in [1.82, 2.24) is 9.80 Å². The van der Waals surface area contributed by atoms with Gasteiger partial charge in [0.1, 0.15) is 0 Å². The molecule has 0 saturated carbocycles.